The number of hydrogen-bond acceptors (Lipinski definition) is 5. The van der Waals surface area contributed by atoms with Gasteiger partial charge < -0.3 is 4.90 Å². The highest BCUT2D eigenvalue weighted by Gasteiger charge is 2.23. The summed E-state index contributed by atoms with van der Waals surface area (Å²) in [6.45, 7) is 2.23. The molecule has 1 aliphatic rings. The highest BCUT2D eigenvalue weighted by molar-refractivity contribution is 7.89. The number of rotatable bonds is 5. The third-order valence-electron chi connectivity index (χ3n) is 4.84. The molecule has 2 heterocycles. The maximum Gasteiger partial charge on any atom is 0.240 e. The summed E-state index contributed by atoms with van der Waals surface area (Å²) in [6, 6.07) is 14.5. The molecule has 0 amide bonds. The average Bonchev–Trinajstić information content (AvgIpc) is 3.11. The highest BCUT2D eigenvalue weighted by Crippen LogP contribution is 2.31. The van der Waals surface area contributed by atoms with Crippen molar-refractivity contribution in [1.29, 1.82) is 0 Å². The van der Waals surface area contributed by atoms with Crippen LogP contribution in [-0.4, -0.2) is 33.0 Å². The maximum atomic E-state index is 12.4. The molecule has 27 heavy (non-hydrogen) atoms. The van der Waals surface area contributed by atoms with Crippen molar-refractivity contribution in [3.8, 4) is 0 Å². The van der Waals surface area contributed by atoms with Gasteiger partial charge in [0.25, 0.3) is 0 Å². The number of thiazole rings is 1. The van der Waals surface area contributed by atoms with Crippen LogP contribution in [0, 0.1) is 5.92 Å². The molecule has 0 spiro atoms. The van der Waals surface area contributed by atoms with Gasteiger partial charge in [-0.05, 0) is 49.1 Å². The molecule has 1 aromatic heterocycles. The van der Waals surface area contributed by atoms with Crippen molar-refractivity contribution in [2.45, 2.75) is 17.7 Å². The Morgan fingerprint density at radius 3 is 2.67 bits per heavy atom. The molecule has 4 rings (SSSR count). The van der Waals surface area contributed by atoms with Gasteiger partial charge in [0.05, 0.1) is 15.1 Å². The van der Waals surface area contributed by atoms with Gasteiger partial charge in [-0.25, -0.2) is 18.1 Å². The fourth-order valence-corrected chi connectivity index (χ4v) is 5.70. The van der Waals surface area contributed by atoms with E-state index in [1.165, 1.54) is 10.8 Å². The van der Waals surface area contributed by atoms with Crippen molar-refractivity contribution in [3.63, 3.8) is 0 Å². The van der Waals surface area contributed by atoms with Crippen LogP contribution in [-0.2, 0) is 10.0 Å². The van der Waals surface area contributed by atoms with Gasteiger partial charge in [-0.15, -0.1) is 0 Å². The number of piperidine rings is 1. The molecule has 5 nitrogen and oxygen atoms in total. The van der Waals surface area contributed by atoms with Crippen LogP contribution in [0.1, 0.15) is 12.8 Å². The van der Waals surface area contributed by atoms with E-state index in [9.17, 15) is 8.42 Å². The summed E-state index contributed by atoms with van der Waals surface area (Å²) < 4.78 is 28.8. The lowest BCUT2D eigenvalue weighted by Gasteiger charge is -2.31. The van der Waals surface area contributed by atoms with E-state index in [0.29, 0.717) is 17.5 Å². The van der Waals surface area contributed by atoms with Gasteiger partial charge in [-0.3, -0.25) is 0 Å². The van der Waals surface area contributed by atoms with E-state index in [2.05, 4.69) is 15.7 Å². The first kappa shape index (κ1) is 18.7. The van der Waals surface area contributed by atoms with Crippen molar-refractivity contribution in [1.82, 2.24) is 9.71 Å². The van der Waals surface area contributed by atoms with Gasteiger partial charge in [0.1, 0.15) is 0 Å². The monoisotopic (exact) mass is 421 g/mol. The second kappa shape index (κ2) is 7.75. The van der Waals surface area contributed by atoms with Crippen molar-refractivity contribution in [3.05, 3.63) is 53.6 Å². The third kappa shape index (κ3) is 4.27. The number of benzene rings is 2. The molecular formula is C19H20ClN3O2S2. The number of fused-ring (bicyclic) bond motifs is 1. The van der Waals surface area contributed by atoms with Gasteiger partial charge in [0.2, 0.25) is 10.0 Å². The number of hydrogen-bond donors (Lipinski definition) is 1. The Balaban J connectivity index is 1.34. The Bertz CT molecular complexity index is 1010. The van der Waals surface area contributed by atoms with Crippen LogP contribution in [0.2, 0.25) is 5.02 Å². The lowest BCUT2D eigenvalue weighted by Crippen LogP contribution is -2.38. The molecule has 142 valence electrons. The van der Waals surface area contributed by atoms with Crippen molar-refractivity contribution < 1.29 is 8.42 Å². The van der Waals surface area contributed by atoms with E-state index in [0.717, 1.165) is 36.6 Å². The van der Waals surface area contributed by atoms with E-state index in [1.54, 1.807) is 29.5 Å². The second-order valence-electron chi connectivity index (χ2n) is 6.70. The molecule has 1 saturated heterocycles. The van der Waals surface area contributed by atoms with Gasteiger partial charge >= 0.3 is 0 Å². The van der Waals surface area contributed by atoms with Crippen molar-refractivity contribution in [2.24, 2.45) is 5.92 Å². The highest BCUT2D eigenvalue weighted by atomic mass is 35.5. The van der Waals surface area contributed by atoms with Crippen molar-refractivity contribution in [2.75, 3.05) is 24.5 Å². The zero-order valence-corrected chi connectivity index (χ0v) is 17.0. The van der Waals surface area contributed by atoms with Crippen LogP contribution in [0.15, 0.2) is 53.4 Å². The zero-order valence-electron chi connectivity index (χ0n) is 14.6. The summed E-state index contributed by atoms with van der Waals surface area (Å²) >= 11 is 7.61. The van der Waals surface area contributed by atoms with Crippen LogP contribution in [0.5, 0.6) is 0 Å². The zero-order chi connectivity index (χ0) is 18.9. The minimum atomic E-state index is -3.52. The lowest BCUT2D eigenvalue weighted by atomic mass is 9.97. The molecule has 3 aromatic rings. The molecule has 1 aliphatic heterocycles. The first-order chi connectivity index (χ1) is 13.0. The molecule has 1 N–H and O–H groups in total. The van der Waals surface area contributed by atoms with E-state index >= 15 is 0 Å². The quantitative estimate of drug-likeness (QED) is 0.672. The topological polar surface area (TPSA) is 62.3 Å². The summed E-state index contributed by atoms with van der Waals surface area (Å²) in [5.41, 5.74) is 1.04. The van der Waals surface area contributed by atoms with Gasteiger partial charge in [-0.2, -0.15) is 0 Å². The normalized spacial score (nSPS) is 16.1. The largest absolute Gasteiger partial charge is 0.348 e. The number of nitrogens with one attached hydrogen (secondary N) is 1. The predicted molar refractivity (Wildman–Crippen MR) is 111 cm³/mol. The van der Waals surface area contributed by atoms with Crippen LogP contribution in [0.25, 0.3) is 10.2 Å². The first-order valence-corrected chi connectivity index (χ1v) is 11.5. The molecule has 0 bridgehead atoms. The standard InChI is InChI=1S/C19H20ClN3O2S2/c20-15-4-3-5-16(12-15)27(24,25)21-13-14-8-10-23(11-9-14)19-22-17-6-1-2-7-18(17)26-19/h1-7,12,14,21H,8-11,13H2. The van der Waals surface area contributed by atoms with Crippen molar-refractivity contribution >= 4 is 48.3 Å². The molecule has 0 saturated carbocycles. The summed E-state index contributed by atoms with van der Waals surface area (Å²) in [5.74, 6) is 0.324. The molecule has 1 fully saturated rings. The number of aromatic nitrogens is 1. The minimum absolute atomic E-state index is 0.210. The SMILES string of the molecule is O=S(=O)(NCC1CCN(c2nc3ccccc3s2)CC1)c1cccc(Cl)c1. The van der Waals surface area contributed by atoms with Gasteiger partial charge in [-0.1, -0.05) is 41.1 Å². The van der Waals surface area contributed by atoms with Crippen LogP contribution in [0.4, 0.5) is 5.13 Å². The molecule has 0 unspecified atom stereocenters. The molecule has 0 atom stereocenters. The van der Waals surface area contributed by atoms with E-state index in [1.807, 2.05) is 18.2 Å². The number of halogens is 1. The molecule has 8 heteroatoms. The molecular weight excluding hydrogens is 402 g/mol. The predicted octanol–water partition coefficient (Wildman–Crippen LogP) is 4.14. The molecule has 0 radical (unpaired) electrons. The third-order valence-corrected chi connectivity index (χ3v) is 7.59. The number of para-hydroxylation sites is 1. The summed E-state index contributed by atoms with van der Waals surface area (Å²) in [6.07, 6.45) is 1.88. The summed E-state index contributed by atoms with van der Waals surface area (Å²) in [4.78, 5) is 7.22. The number of anilines is 1. The minimum Gasteiger partial charge on any atom is -0.348 e. The van der Waals surface area contributed by atoms with Gasteiger partial charge in [0, 0.05) is 24.7 Å². The summed E-state index contributed by atoms with van der Waals surface area (Å²) in [7, 11) is -3.52. The van der Waals surface area contributed by atoms with E-state index < -0.39 is 10.0 Å². The van der Waals surface area contributed by atoms with Crippen LogP contribution in [0.3, 0.4) is 0 Å². The van der Waals surface area contributed by atoms with E-state index in [4.69, 9.17) is 16.6 Å². The van der Waals surface area contributed by atoms with E-state index in [-0.39, 0.29) is 4.90 Å². The second-order valence-corrected chi connectivity index (χ2v) is 9.92. The van der Waals surface area contributed by atoms with Crippen LogP contribution >= 0.6 is 22.9 Å². The fourth-order valence-electron chi connectivity index (χ4n) is 3.27. The number of nitrogens with zero attached hydrogens (tertiary/aromatic N) is 2. The van der Waals surface area contributed by atoms with Gasteiger partial charge in [0.15, 0.2) is 5.13 Å². The Morgan fingerprint density at radius 2 is 1.93 bits per heavy atom. The molecule has 0 aliphatic carbocycles. The maximum absolute atomic E-state index is 12.4. The first-order valence-electron chi connectivity index (χ1n) is 8.87. The Morgan fingerprint density at radius 1 is 1.15 bits per heavy atom. The Labute approximate surface area is 168 Å². The van der Waals surface area contributed by atoms with Crippen LogP contribution < -0.4 is 9.62 Å². The lowest BCUT2D eigenvalue weighted by molar-refractivity contribution is 0.402. The number of sulfonamides is 1. The average molecular weight is 422 g/mol. The summed E-state index contributed by atoms with van der Waals surface area (Å²) in [5, 5.41) is 1.47. The fraction of sp³-hybridized carbons (Fsp3) is 0.316. The Hall–Kier alpha value is -1.67. The smallest absolute Gasteiger partial charge is 0.240 e. The molecule has 2 aromatic carbocycles. The Kier molecular flexibility index (Phi) is 5.36.